The lowest BCUT2D eigenvalue weighted by atomic mass is 9.93. The highest BCUT2D eigenvalue weighted by Gasteiger charge is 2.22. The molecule has 0 aromatic heterocycles. The molecule has 0 fully saturated rings. The van der Waals surface area contributed by atoms with Gasteiger partial charge in [-0.3, -0.25) is 9.59 Å². The SMILES string of the molecule is COc1ccc(C(=O)Nc2ccc(C3=NNC(=O)CC3C)cc2N)cc1. The third kappa shape index (κ3) is 3.66. The molecule has 1 unspecified atom stereocenters. The van der Waals surface area contributed by atoms with Crippen LogP contribution in [-0.2, 0) is 4.79 Å². The summed E-state index contributed by atoms with van der Waals surface area (Å²) in [7, 11) is 1.57. The second kappa shape index (κ2) is 7.26. The van der Waals surface area contributed by atoms with Crippen molar-refractivity contribution in [3.63, 3.8) is 0 Å². The Morgan fingerprint density at radius 1 is 1.27 bits per heavy atom. The molecule has 0 saturated carbocycles. The second-order valence-electron chi connectivity index (χ2n) is 6.12. The van der Waals surface area contributed by atoms with Crippen molar-refractivity contribution in [3.05, 3.63) is 53.6 Å². The first kappa shape index (κ1) is 17.5. The van der Waals surface area contributed by atoms with Gasteiger partial charge in [-0.1, -0.05) is 13.0 Å². The van der Waals surface area contributed by atoms with Gasteiger partial charge in [-0.15, -0.1) is 0 Å². The van der Waals surface area contributed by atoms with E-state index < -0.39 is 0 Å². The summed E-state index contributed by atoms with van der Waals surface area (Å²) in [5, 5.41) is 6.92. The molecule has 3 rings (SSSR count). The van der Waals surface area contributed by atoms with Gasteiger partial charge in [-0.05, 0) is 36.4 Å². The number of anilines is 2. The van der Waals surface area contributed by atoms with Crippen LogP contribution in [0, 0.1) is 5.92 Å². The molecule has 2 aromatic rings. The van der Waals surface area contributed by atoms with Crippen LogP contribution in [0.15, 0.2) is 47.6 Å². The van der Waals surface area contributed by atoms with Gasteiger partial charge in [0, 0.05) is 23.5 Å². The summed E-state index contributed by atoms with van der Waals surface area (Å²) in [5.41, 5.74) is 11.6. The highest BCUT2D eigenvalue weighted by Crippen LogP contribution is 2.24. The number of amides is 2. The monoisotopic (exact) mass is 352 g/mol. The van der Waals surface area contributed by atoms with Gasteiger partial charge in [0.25, 0.3) is 5.91 Å². The summed E-state index contributed by atoms with van der Waals surface area (Å²) in [5.74, 6) is 0.322. The Bertz CT molecular complexity index is 875. The van der Waals surface area contributed by atoms with Gasteiger partial charge >= 0.3 is 0 Å². The van der Waals surface area contributed by atoms with E-state index in [1.165, 1.54) is 0 Å². The molecular weight excluding hydrogens is 332 g/mol. The minimum Gasteiger partial charge on any atom is -0.497 e. The molecule has 1 atom stereocenters. The molecule has 0 bridgehead atoms. The Morgan fingerprint density at radius 2 is 2.00 bits per heavy atom. The van der Waals surface area contributed by atoms with Crippen LogP contribution in [0.1, 0.15) is 29.3 Å². The van der Waals surface area contributed by atoms with E-state index in [0.29, 0.717) is 29.1 Å². The smallest absolute Gasteiger partial charge is 0.255 e. The summed E-state index contributed by atoms with van der Waals surface area (Å²) in [6.45, 7) is 1.94. The number of hydrogen-bond donors (Lipinski definition) is 3. The van der Waals surface area contributed by atoms with Gasteiger partial charge < -0.3 is 15.8 Å². The predicted molar refractivity (Wildman–Crippen MR) is 100 cm³/mol. The maximum atomic E-state index is 12.4. The van der Waals surface area contributed by atoms with Gasteiger partial charge in [0.1, 0.15) is 5.75 Å². The van der Waals surface area contributed by atoms with Crippen molar-refractivity contribution >= 4 is 28.9 Å². The van der Waals surface area contributed by atoms with Crippen molar-refractivity contribution in [2.75, 3.05) is 18.2 Å². The van der Waals surface area contributed by atoms with E-state index >= 15 is 0 Å². The molecule has 2 aromatic carbocycles. The Hall–Kier alpha value is -3.35. The predicted octanol–water partition coefficient (Wildman–Crippen LogP) is 2.39. The molecule has 1 heterocycles. The van der Waals surface area contributed by atoms with Crippen molar-refractivity contribution in [1.29, 1.82) is 0 Å². The van der Waals surface area contributed by atoms with E-state index in [4.69, 9.17) is 10.5 Å². The maximum absolute atomic E-state index is 12.4. The number of rotatable bonds is 4. The lowest BCUT2D eigenvalue weighted by Gasteiger charge is -2.20. The molecule has 4 N–H and O–H groups in total. The first-order chi connectivity index (χ1) is 12.5. The summed E-state index contributed by atoms with van der Waals surface area (Å²) in [6, 6.07) is 12.1. The molecule has 7 heteroatoms. The van der Waals surface area contributed by atoms with E-state index in [2.05, 4.69) is 15.8 Å². The van der Waals surface area contributed by atoms with Crippen LogP contribution in [0.2, 0.25) is 0 Å². The van der Waals surface area contributed by atoms with Crippen molar-refractivity contribution in [1.82, 2.24) is 5.43 Å². The van der Waals surface area contributed by atoms with Gasteiger partial charge in [0.05, 0.1) is 24.2 Å². The quantitative estimate of drug-likeness (QED) is 0.735. The summed E-state index contributed by atoms with van der Waals surface area (Å²) in [4.78, 5) is 23.7. The zero-order valence-corrected chi connectivity index (χ0v) is 14.6. The average Bonchev–Trinajstić information content (AvgIpc) is 2.63. The van der Waals surface area contributed by atoms with Crippen molar-refractivity contribution in [3.8, 4) is 5.75 Å². The van der Waals surface area contributed by atoms with Gasteiger partial charge in [0.2, 0.25) is 5.91 Å². The third-order valence-electron chi connectivity index (χ3n) is 4.21. The van der Waals surface area contributed by atoms with Crippen LogP contribution in [0.3, 0.4) is 0 Å². The maximum Gasteiger partial charge on any atom is 0.255 e. The molecular formula is C19H20N4O3. The number of carbonyl (C=O) groups is 2. The lowest BCUT2D eigenvalue weighted by molar-refractivity contribution is -0.121. The fraction of sp³-hybridized carbons (Fsp3) is 0.211. The van der Waals surface area contributed by atoms with Crippen LogP contribution in [0.5, 0.6) is 5.75 Å². The van der Waals surface area contributed by atoms with Gasteiger partial charge in [-0.2, -0.15) is 5.10 Å². The number of nitrogens with two attached hydrogens (primary N) is 1. The standard InChI is InChI=1S/C19H20N4O3/c1-11-9-17(24)22-23-18(11)13-5-8-16(15(20)10-13)21-19(25)12-3-6-14(26-2)7-4-12/h3-8,10-11H,9,20H2,1-2H3,(H,21,25)(H,22,24). The minimum absolute atomic E-state index is 0.00268. The molecule has 1 aliphatic rings. The van der Waals surface area contributed by atoms with Crippen LogP contribution < -0.4 is 21.2 Å². The first-order valence-corrected chi connectivity index (χ1v) is 8.19. The number of nitrogens with zero attached hydrogens (tertiary/aromatic N) is 1. The van der Waals surface area contributed by atoms with Crippen molar-refractivity contribution in [2.45, 2.75) is 13.3 Å². The van der Waals surface area contributed by atoms with Crippen LogP contribution in [0.4, 0.5) is 11.4 Å². The topological polar surface area (TPSA) is 106 Å². The fourth-order valence-electron chi connectivity index (χ4n) is 2.78. The number of nitrogen functional groups attached to an aromatic ring is 1. The van der Waals surface area contributed by atoms with Crippen molar-refractivity contribution in [2.24, 2.45) is 11.0 Å². The third-order valence-corrected chi connectivity index (χ3v) is 4.21. The van der Waals surface area contributed by atoms with E-state index in [1.807, 2.05) is 13.0 Å². The van der Waals surface area contributed by atoms with E-state index in [9.17, 15) is 9.59 Å². The van der Waals surface area contributed by atoms with E-state index in [0.717, 1.165) is 11.3 Å². The molecule has 0 radical (unpaired) electrons. The Labute approximate surface area is 151 Å². The van der Waals surface area contributed by atoms with Crippen LogP contribution in [0.25, 0.3) is 0 Å². The Morgan fingerprint density at radius 3 is 2.62 bits per heavy atom. The molecule has 134 valence electrons. The zero-order valence-electron chi connectivity index (χ0n) is 14.6. The highest BCUT2D eigenvalue weighted by atomic mass is 16.5. The lowest BCUT2D eigenvalue weighted by Crippen LogP contribution is -2.32. The molecule has 26 heavy (non-hydrogen) atoms. The number of carbonyl (C=O) groups excluding carboxylic acids is 2. The number of benzene rings is 2. The Kier molecular flexibility index (Phi) is 4.88. The minimum atomic E-state index is -0.261. The average molecular weight is 352 g/mol. The highest BCUT2D eigenvalue weighted by molar-refractivity contribution is 6.08. The van der Waals surface area contributed by atoms with E-state index in [1.54, 1.807) is 43.5 Å². The van der Waals surface area contributed by atoms with Crippen LogP contribution >= 0.6 is 0 Å². The molecule has 7 nitrogen and oxygen atoms in total. The number of ether oxygens (including phenoxy) is 1. The summed E-state index contributed by atoms with van der Waals surface area (Å²) in [6.07, 6.45) is 0.384. The first-order valence-electron chi connectivity index (χ1n) is 8.19. The van der Waals surface area contributed by atoms with Gasteiger partial charge in [-0.25, -0.2) is 5.43 Å². The normalized spacial score (nSPS) is 16.5. The fourth-order valence-corrected chi connectivity index (χ4v) is 2.78. The largest absolute Gasteiger partial charge is 0.497 e. The molecule has 0 saturated heterocycles. The Balaban J connectivity index is 1.77. The van der Waals surface area contributed by atoms with Crippen LogP contribution in [-0.4, -0.2) is 24.6 Å². The van der Waals surface area contributed by atoms with Crippen molar-refractivity contribution < 1.29 is 14.3 Å². The molecule has 0 spiro atoms. The molecule has 1 aliphatic heterocycles. The molecule has 2 amide bonds. The number of hydrogen-bond acceptors (Lipinski definition) is 5. The number of nitrogens with one attached hydrogen (secondary N) is 2. The molecule has 0 aliphatic carbocycles. The number of methoxy groups -OCH3 is 1. The van der Waals surface area contributed by atoms with Gasteiger partial charge in [0.15, 0.2) is 0 Å². The van der Waals surface area contributed by atoms with E-state index in [-0.39, 0.29) is 17.7 Å². The zero-order chi connectivity index (χ0) is 18.7. The second-order valence-corrected chi connectivity index (χ2v) is 6.12. The summed E-state index contributed by atoms with van der Waals surface area (Å²) < 4.78 is 5.08. The summed E-state index contributed by atoms with van der Waals surface area (Å²) >= 11 is 0. The number of hydrazone groups is 1.